The van der Waals surface area contributed by atoms with E-state index in [1.165, 1.54) is 37.8 Å². The van der Waals surface area contributed by atoms with Crippen LogP contribution in [0.4, 0.5) is 5.69 Å². The SMILES string of the molecule is c1ccc(NCCC2CC3CCC(C2)N3)cc1. The average molecular weight is 230 g/mol. The Bertz CT molecular complexity index is 337. The van der Waals surface area contributed by atoms with Crippen molar-refractivity contribution in [2.75, 3.05) is 11.9 Å². The highest BCUT2D eigenvalue weighted by atomic mass is 15.0. The highest BCUT2D eigenvalue weighted by Crippen LogP contribution is 2.32. The van der Waals surface area contributed by atoms with Crippen LogP contribution < -0.4 is 10.6 Å². The van der Waals surface area contributed by atoms with Crippen LogP contribution in [0.25, 0.3) is 0 Å². The fourth-order valence-corrected chi connectivity index (χ4v) is 3.39. The number of hydrogen-bond donors (Lipinski definition) is 2. The van der Waals surface area contributed by atoms with Crippen molar-refractivity contribution in [2.24, 2.45) is 5.92 Å². The molecular formula is C15H22N2. The van der Waals surface area contributed by atoms with E-state index in [4.69, 9.17) is 0 Å². The van der Waals surface area contributed by atoms with Crippen molar-refractivity contribution < 1.29 is 0 Å². The summed E-state index contributed by atoms with van der Waals surface area (Å²) in [6.07, 6.45) is 6.93. The maximum absolute atomic E-state index is 3.71. The first kappa shape index (κ1) is 11.1. The molecule has 1 aromatic carbocycles. The van der Waals surface area contributed by atoms with Gasteiger partial charge in [0.15, 0.2) is 0 Å². The molecule has 0 radical (unpaired) electrons. The Morgan fingerprint density at radius 2 is 1.76 bits per heavy atom. The van der Waals surface area contributed by atoms with Crippen LogP contribution in [-0.2, 0) is 0 Å². The van der Waals surface area contributed by atoms with Gasteiger partial charge in [0.2, 0.25) is 0 Å². The van der Waals surface area contributed by atoms with E-state index in [-0.39, 0.29) is 0 Å². The molecule has 2 saturated heterocycles. The standard InChI is InChI=1S/C15H22N2/c1-2-4-13(5-3-1)16-9-8-12-10-14-6-7-15(11-12)17-14/h1-5,12,14-17H,6-11H2. The molecular weight excluding hydrogens is 208 g/mol. The Labute approximate surface area is 104 Å². The van der Waals surface area contributed by atoms with Crippen molar-refractivity contribution in [1.82, 2.24) is 5.32 Å². The zero-order valence-electron chi connectivity index (χ0n) is 10.4. The normalized spacial score (nSPS) is 31.4. The smallest absolute Gasteiger partial charge is 0.0340 e. The van der Waals surface area contributed by atoms with E-state index in [1.54, 1.807) is 0 Å². The molecule has 0 saturated carbocycles. The summed E-state index contributed by atoms with van der Waals surface area (Å²) in [5.41, 5.74) is 1.25. The lowest BCUT2D eigenvalue weighted by atomic mass is 9.90. The zero-order valence-corrected chi connectivity index (χ0v) is 10.4. The van der Waals surface area contributed by atoms with E-state index in [1.807, 2.05) is 0 Å². The summed E-state index contributed by atoms with van der Waals surface area (Å²) < 4.78 is 0. The highest BCUT2D eigenvalue weighted by Gasteiger charge is 2.32. The Hall–Kier alpha value is -1.02. The minimum atomic E-state index is 0.829. The quantitative estimate of drug-likeness (QED) is 0.831. The van der Waals surface area contributed by atoms with Crippen LogP contribution >= 0.6 is 0 Å². The molecule has 2 bridgehead atoms. The summed E-state index contributed by atoms with van der Waals surface area (Å²) in [5.74, 6) is 0.935. The van der Waals surface area contributed by atoms with E-state index in [2.05, 4.69) is 41.0 Å². The minimum absolute atomic E-state index is 0.829. The number of anilines is 1. The third-order valence-corrected chi connectivity index (χ3v) is 4.23. The van der Waals surface area contributed by atoms with Gasteiger partial charge in [0.1, 0.15) is 0 Å². The van der Waals surface area contributed by atoms with Gasteiger partial charge in [-0.15, -0.1) is 0 Å². The van der Waals surface area contributed by atoms with Gasteiger partial charge in [0.05, 0.1) is 0 Å². The van der Waals surface area contributed by atoms with Crippen molar-refractivity contribution >= 4 is 5.69 Å². The molecule has 92 valence electrons. The third-order valence-electron chi connectivity index (χ3n) is 4.23. The van der Waals surface area contributed by atoms with Gasteiger partial charge in [-0.1, -0.05) is 18.2 Å². The number of hydrogen-bond acceptors (Lipinski definition) is 2. The van der Waals surface area contributed by atoms with Crippen LogP contribution in [0.3, 0.4) is 0 Å². The number of piperidine rings is 1. The lowest BCUT2D eigenvalue weighted by Crippen LogP contribution is -2.38. The van der Waals surface area contributed by atoms with Crippen LogP contribution in [0.15, 0.2) is 30.3 Å². The molecule has 2 atom stereocenters. The monoisotopic (exact) mass is 230 g/mol. The van der Waals surface area contributed by atoms with Crippen molar-refractivity contribution in [1.29, 1.82) is 0 Å². The van der Waals surface area contributed by atoms with Gasteiger partial charge < -0.3 is 10.6 Å². The lowest BCUT2D eigenvalue weighted by Gasteiger charge is -2.29. The average Bonchev–Trinajstić information content (AvgIpc) is 2.70. The van der Waals surface area contributed by atoms with E-state index < -0.39 is 0 Å². The molecule has 0 spiro atoms. The highest BCUT2D eigenvalue weighted by molar-refractivity contribution is 5.42. The molecule has 17 heavy (non-hydrogen) atoms. The lowest BCUT2D eigenvalue weighted by molar-refractivity contribution is 0.290. The summed E-state index contributed by atoms with van der Waals surface area (Å²) in [6.45, 7) is 1.12. The number of rotatable bonds is 4. The molecule has 0 amide bonds. The predicted molar refractivity (Wildman–Crippen MR) is 72.2 cm³/mol. The van der Waals surface area contributed by atoms with Gasteiger partial charge in [0, 0.05) is 24.3 Å². The second-order valence-electron chi connectivity index (χ2n) is 5.56. The number of nitrogens with one attached hydrogen (secondary N) is 2. The third kappa shape index (κ3) is 2.81. The van der Waals surface area contributed by atoms with Crippen molar-refractivity contribution in [3.8, 4) is 0 Å². The number of fused-ring (bicyclic) bond motifs is 2. The maximum atomic E-state index is 3.71. The van der Waals surface area contributed by atoms with Gasteiger partial charge in [-0.25, -0.2) is 0 Å². The Morgan fingerprint density at radius 1 is 1.06 bits per heavy atom. The first-order valence-corrected chi connectivity index (χ1v) is 6.95. The molecule has 2 heteroatoms. The van der Waals surface area contributed by atoms with Crippen LogP contribution in [0, 0.1) is 5.92 Å². The summed E-state index contributed by atoms with van der Waals surface area (Å²) in [4.78, 5) is 0. The minimum Gasteiger partial charge on any atom is -0.385 e. The summed E-state index contributed by atoms with van der Waals surface area (Å²) in [7, 11) is 0. The molecule has 3 rings (SSSR count). The van der Waals surface area contributed by atoms with Crippen LogP contribution in [0.1, 0.15) is 32.1 Å². The summed E-state index contributed by atoms with van der Waals surface area (Å²) in [6, 6.07) is 12.2. The van der Waals surface area contributed by atoms with Gasteiger partial charge in [-0.2, -0.15) is 0 Å². The molecule has 2 unspecified atom stereocenters. The second kappa shape index (κ2) is 5.09. The number of para-hydroxylation sites is 1. The molecule has 2 fully saturated rings. The maximum Gasteiger partial charge on any atom is 0.0340 e. The summed E-state index contributed by atoms with van der Waals surface area (Å²) in [5, 5.41) is 7.23. The van der Waals surface area contributed by atoms with Gasteiger partial charge >= 0.3 is 0 Å². The fraction of sp³-hybridized carbons (Fsp3) is 0.600. The molecule has 2 nitrogen and oxygen atoms in total. The summed E-state index contributed by atoms with van der Waals surface area (Å²) >= 11 is 0. The number of benzene rings is 1. The van der Waals surface area contributed by atoms with E-state index in [0.717, 1.165) is 24.5 Å². The first-order valence-electron chi connectivity index (χ1n) is 6.95. The first-order chi connectivity index (χ1) is 8.40. The fourth-order valence-electron chi connectivity index (χ4n) is 3.39. The Balaban J connectivity index is 1.43. The van der Waals surface area contributed by atoms with E-state index in [9.17, 15) is 0 Å². The van der Waals surface area contributed by atoms with Crippen LogP contribution in [-0.4, -0.2) is 18.6 Å². The molecule has 2 aliphatic heterocycles. The van der Waals surface area contributed by atoms with Crippen molar-refractivity contribution in [3.05, 3.63) is 30.3 Å². The second-order valence-corrected chi connectivity index (χ2v) is 5.56. The molecule has 2 N–H and O–H groups in total. The van der Waals surface area contributed by atoms with Gasteiger partial charge in [-0.05, 0) is 50.2 Å². The zero-order chi connectivity index (χ0) is 11.5. The van der Waals surface area contributed by atoms with Crippen molar-refractivity contribution in [2.45, 2.75) is 44.2 Å². The van der Waals surface area contributed by atoms with Crippen molar-refractivity contribution in [3.63, 3.8) is 0 Å². The largest absolute Gasteiger partial charge is 0.385 e. The molecule has 1 aromatic rings. The van der Waals surface area contributed by atoms with E-state index >= 15 is 0 Å². The Kier molecular flexibility index (Phi) is 3.32. The van der Waals surface area contributed by atoms with Gasteiger partial charge in [-0.3, -0.25) is 0 Å². The predicted octanol–water partition coefficient (Wildman–Crippen LogP) is 3.02. The van der Waals surface area contributed by atoms with E-state index in [0.29, 0.717) is 0 Å². The Morgan fingerprint density at radius 3 is 2.47 bits per heavy atom. The van der Waals surface area contributed by atoms with Gasteiger partial charge in [0.25, 0.3) is 0 Å². The molecule has 0 aliphatic carbocycles. The molecule has 2 heterocycles. The molecule has 2 aliphatic rings. The topological polar surface area (TPSA) is 24.1 Å². The van der Waals surface area contributed by atoms with Crippen LogP contribution in [0.2, 0.25) is 0 Å². The molecule has 0 aromatic heterocycles. The van der Waals surface area contributed by atoms with Crippen LogP contribution in [0.5, 0.6) is 0 Å².